The number of rotatable bonds is 12. The first-order valence-corrected chi connectivity index (χ1v) is 14.9. The molecule has 0 radical (unpaired) electrons. The van der Waals surface area contributed by atoms with Gasteiger partial charge >= 0.3 is 19.4 Å². The quantitative estimate of drug-likeness (QED) is 0.273. The number of carbonyl (C=O) groups excluding carboxylic acids is 1. The largest absolute Gasteiger partial charge is 0.459 e. The average molecular weight is 600 g/mol. The summed E-state index contributed by atoms with van der Waals surface area (Å²) in [6.07, 6.45) is -3.59. The monoisotopic (exact) mass is 599 g/mol. The molecule has 3 heterocycles. The molecule has 2 aromatic rings. The van der Waals surface area contributed by atoms with E-state index in [4.69, 9.17) is 28.0 Å². The van der Waals surface area contributed by atoms with Gasteiger partial charge in [-0.3, -0.25) is 23.7 Å². The second-order valence-electron chi connectivity index (χ2n) is 9.94. The first kappa shape index (κ1) is 31.1. The Kier molecular flexibility index (Phi) is 9.83. The van der Waals surface area contributed by atoms with Crippen LogP contribution in [0.2, 0.25) is 0 Å². The van der Waals surface area contributed by atoms with E-state index in [0.717, 1.165) is 30.2 Å². The van der Waals surface area contributed by atoms with Gasteiger partial charge in [-0.1, -0.05) is 32.0 Å². The maximum Gasteiger partial charge on any atom is 0.459 e. The van der Waals surface area contributed by atoms with Crippen LogP contribution in [0.5, 0.6) is 5.75 Å². The molecule has 41 heavy (non-hydrogen) atoms. The molecular weight excluding hydrogens is 564 g/mol. The van der Waals surface area contributed by atoms with Crippen LogP contribution < -0.4 is 20.9 Å². The first-order chi connectivity index (χ1) is 19.5. The molecule has 15 heteroatoms. The Bertz CT molecular complexity index is 1350. The average Bonchev–Trinajstić information content (AvgIpc) is 3.51. The van der Waals surface area contributed by atoms with Gasteiger partial charge in [0.1, 0.15) is 11.9 Å². The third-order valence-corrected chi connectivity index (χ3v) is 8.37. The Morgan fingerprint density at radius 2 is 1.98 bits per heavy atom. The van der Waals surface area contributed by atoms with Gasteiger partial charge in [0.2, 0.25) is 0 Å². The van der Waals surface area contributed by atoms with Gasteiger partial charge in [-0.25, -0.2) is 18.8 Å². The number of hydrogen-bond donors (Lipinski definition) is 2. The number of carbonyl (C=O) groups is 1. The Morgan fingerprint density at radius 1 is 1.24 bits per heavy atom. The summed E-state index contributed by atoms with van der Waals surface area (Å²) in [6, 6.07) is 8.64. The summed E-state index contributed by atoms with van der Waals surface area (Å²) in [5.74, 6) is -0.497. The Balaban J connectivity index is 1.58. The Labute approximate surface area is 235 Å². The van der Waals surface area contributed by atoms with Gasteiger partial charge in [-0.15, -0.1) is 0 Å². The summed E-state index contributed by atoms with van der Waals surface area (Å²) >= 11 is 0. The van der Waals surface area contributed by atoms with E-state index in [1.165, 1.54) is 6.92 Å². The smallest absolute Gasteiger partial charge is 0.456 e. The number of benzene rings is 1. The standard InChI is InChI=1S/C26H35FN3O10P/c1-5-17-14-35-23(37-17)16(3)29-41(34,40-18-10-8-7-9-11-18)36-15-19-22(39-21(32)6-2)26(4,27)24(38-19)30-13-12-20(31)28-25(30)33/h7-13,16-17,19,22-24H,5-6,14-15H2,1-4H3,(H,29,34)(H,28,31,33)/t16-,17?,19?,22?,23?,24?,26?,41?/m0/s1. The third kappa shape index (κ3) is 7.32. The van der Waals surface area contributed by atoms with Gasteiger partial charge in [-0.2, -0.15) is 0 Å². The molecule has 226 valence electrons. The molecule has 7 unspecified atom stereocenters. The number of aromatic amines is 1. The number of nitrogens with zero attached hydrogens (tertiary/aromatic N) is 1. The summed E-state index contributed by atoms with van der Waals surface area (Å²) in [7, 11) is -4.22. The molecule has 8 atom stereocenters. The number of ether oxygens (including phenoxy) is 4. The fourth-order valence-corrected chi connectivity index (χ4v) is 6.05. The molecular formula is C26H35FN3O10P. The maximum atomic E-state index is 16.2. The molecule has 2 aliphatic heterocycles. The van der Waals surface area contributed by atoms with Crippen molar-refractivity contribution in [1.82, 2.24) is 14.6 Å². The van der Waals surface area contributed by atoms with Crippen molar-refractivity contribution >= 4 is 13.7 Å². The number of para-hydroxylation sites is 1. The lowest BCUT2D eigenvalue weighted by Gasteiger charge is -2.29. The highest BCUT2D eigenvalue weighted by Crippen LogP contribution is 2.48. The van der Waals surface area contributed by atoms with Crippen molar-refractivity contribution in [3.8, 4) is 5.75 Å². The molecule has 1 aromatic carbocycles. The highest BCUT2D eigenvalue weighted by Gasteiger charge is 2.58. The number of alkyl halides is 1. The topological polar surface area (TPSA) is 156 Å². The molecule has 1 aromatic heterocycles. The molecule has 0 spiro atoms. The molecule has 0 bridgehead atoms. The van der Waals surface area contributed by atoms with Crippen LogP contribution in [0.1, 0.15) is 46.8 Å². The second kappa shape index (κ2) is 13.0. The fourth-order valence-electron chi connectivity index (χ4n) is 4.50. The van der Waals surface area contributed by atoms with Crippen molar-refractivity contribution in [3.63, 3.8) is 0 Å². The van der Waals surface area contributed by atoms with Crippen LogP contribution in [0, 0.1) is 0 Å². The number of halogens is 1. The van der Waals surface area contributed by atoms with E-state index in [2.05, 4.69) is 5.09 Å². The van der Waals surface area contributed by atoms with Crippen molar-refractivity contribution < 1.29 is 41.7 Å². The molecule has 0 amide bonds. The number of H-pyrrole nitrogens is 1. The molecule has 0 aliphatic carbocycles. The molecule has 0 saturated carbocycles. The lowest BCUT2D eigenvalue weighted by Crippen LogP contribution is -2.46. The van der Waals surface area contributed by atoms with Crippen molar-refractivity contribution in [2.45, 2.75) is 83.1 Å². The highest BCUT2D eigenvalue weighted by molar-refractivity contribution is 7.52. The van der Waals surface area contributed by atoms with Crippen molar-refractivity contribution in [2.75, 3.05) is 13.2 Å². The predicted octanol–water partition coefficient (Wildman–Crippen LogP) is 2.82. The minimum atomic E-state index is -4.22. The van der Waals surface area contributed by atoms with Crippen LogP contribution in [0.3, 0.4) is 0 Å². The van der Waals surface area contributed by atoms with Crippen molar-refractivity contribution in [2.24, 2.45) is 0 Å². The van der Waals surface area contributed by atoms with E-state index in [-0.39, 0.29) is 18.3 Å². The number of esters is 1. The summed E-state index contributed by atoms with van der Waals surface area (Å²) in [6.45, 7) is 6.08. The maximum absolute atomic E-state index is 16.2. The van der Waals surface area contributed by atoms with E-state index in [0.29, 0.717) is 6.61 Å². The van der Waals surface area contributed by atoms with E-state index in [9.17, 15) is 18.9 Å². The third-order valence-electron chi connectivity index (χ3n) is 6.71. The van der Waals surface area contributed by atoms with Crippen LogP contribution in [-0.4, -0.2) is 65.0 Å². The van der Waals surface area contributed by atoms with E-state index >= 15 is 4.39 Å². The lowest BCUT2D eigenvalue weighted by molar-refractivity contribution is -0.157. The van der Waals surface area contributed by atoms with Crippen molar-refractivity contribution in [3.05, 3.63) is 63.4 Å². The summed E-state index contributed by atoms with van der Waals surface area (Å²) < 4.78 is 65.3. The van der Waals surface area contributed by atoms with Gasteiger partial charge in [-0.05, 0) is 32.4 Å². The van der Waals surface area contributed by atoms with E-state index in [1.807, 2.05) is 11.9 Å². The zero-order chi connectivity index (χ0) is 29.8. The highest BCUT2D eigenvalue weighted by atomic mass is 31.2. The zero-order valence-electron chi connectivity index (χ0n) is 23.2. The minimum absolute atomic E-state index is 0.0573. The Morgan fingerprint density at radius 3 is 2.61 bits per heavy atom. The van der Waals surface area contributed by atoms with Crippen LogP contribution in [0.4, 0.5) is 4.39 Å². The molecule has 13 nitrogen and oxygen atoms in total. The predicted molar refractivity (Wildman–Crippen MR) is 143 cm³/mol. The van der Waals surface area contributed by atoms with Gasteiger partial charge < -0.3 is 23.5 Å². The van der Waals surface area contributed by atoms with Crippen molar-refractivity contribution in [1.29, 1.82) is 0 Å². The molecule has 2 N–H and O–H groups in total. The van der Waals surface area contributed by atoms with Crippen LogP contribution in [-0.2, 0) is 32.8 Å². The van der Waals surface area contributed by atoms with Gasteiger partial charge in [0.25, 0.3) is 5.56 Å². The fraction of sp³-hybridized carbons (Fsp3) is 0.577. The van der Waals surface area contributed by atoms with Gasteiger partial charge in [0.05, 0.1) is 25.4 Å². The summed E-state index contributed by atoms with van der Waals surface area (Å²) in [4.78, 5) is 38.3. The Hall–Kier alpha value is -2.87. The minimum Gasteiger partial charge on any atom is -0.456 e. The molecule has 2 aliphatic rings. The molecule has 4 rings (SSSR count). The van der Waals surface area contributed by atoms with Gasteiger partial charge in [0, 0.05) is 18.7 Å². The number of hydrogen-bond acceptors (Lipinski definition) is 10. The summed E-state index contributed by atoms with van der Waals surface area (Å²) in [5, 5.41) is 2.81. The van der Waals surface area contributed by atoms with E-state index in [1.54, 1.807) is 37.3 Å². The lowest BCUT2D eigenvalue weighted by atomic mass is 9.98. The second-order valence-corrected chi connectivity index (χ2v) is 11.6. The zero-order valence-corrected chi connectivity index (χ0v) is 24.1. The van der Waals surface area contributed by atoms with Crippen LogP contribution in [0.25, 0.3) is 0 Å². The summed E-state index contributed by atoms with van der Waals surface area (Å²) in [5.41, 5.74) is -4.06. The van der Waals surface area contributed by atoms with Gasteiger partial charge in [0.15, 0.2) is 24.3 Å². The van der Waals surface area contributed by atoms with E-state index < -0.39 is 68.0 Å². The van der Waals surface area contributed by atoms with Crippen LogP contribution >= 0.6 is 7.75 Å². The number of nitrogens with one attached hydrogen (secondary N) is 2. The van der Waals surface area contributed by atoms with Crippen LogP contribution in [0.15, 0.2) is 52.2 Å². The molecule has 2 saturated heterocycles. The number of aromatic nitrogens is 2. The first-order valence-electron chi connectivity index (χ1n) is 13.3. The molecule has 2 fully saturated rings. The normalized spacial score (nSPS) is 30.0. The SMILES string of the molecule is CCC(=O)OC1C(COP(=O)(N[C@@H](C)C2OCC(CC)O2)Oc2ccccc2)OC(n2ccc(=O)[nH]c2=O)C1(C)F.